The normalized spacial score (nSPS) is 11.1. The molecule has 1 rings (SSSR count). The highest BCUT2D eigenvalue weighted by Gasteiger charge is 2.13. The van der Waals surface area contributed by atoms with Crippen molar-refractivity contribution in [3.8, 4) is 12.3 Å². The Labute approximate surface area is 100 Å². The average molecular weight is 230 g/mol. The van der Waals surface area contributed by atoms with Gasteiger partial charge in [0, 0.05) is 18.2 Å². The van der Waals surface area contributed by atoms with Gasteiger partial charge in [-0.05, 0) is 25.1 Å². The molecule has 0 heterocycles. The van der Waals surface area contributed by atoms with Gasteiger partial charge in [0.2, 0.25) is 11.8 Å². The largest absolute Gasteiger partial charge is 0.345 e. The van der Waals surface area contributed by atoms with Crippen molar-refractivity contribution in [1.82, 2.24) is 5.32 Å². The van der Waals surface area contributed by atoms with Crippen LogP contribution in [-0.4, -0.2) is 17.9 Å². The van der Waals surface area contributed by atoms with Crippen molar-refractivity contribution in [2.75, 3.05) is 5.32 Å². The lowest BCUT2D eigenvalue weighted by atomic mass is 10.2. The Morgan fingerprint density at radius 1 is 1.41 bits per heavy atom. The fourth-order valence-electron chi connectivity index (χ4n) is 1.31. The predicted molar refractivity (Wildman–Crippen MR) is 66.3 cm³/mol. The number of hydrogen-bond donors (Lipinski definition) is 2. The van der Waals surface area contributed by atoms with Crippen LogP contribution in [0.15, 0.2) is 24.3 Å². The minimum absolute atomic E-state index is 0.245. The smallest absolute Gasteiger partial charge is 0.246 e. The molecule has 0 radical (unpaired) electrons. The standard InChI is InChI=1S/C13H14N2O2/c1-4-11-6-5-7-12(8-11)15-13(17)9(2)14-10(3)16/h1,5-9H,2-3H3,(H,14,16)(H,15,17). The number of rotatable bonds is 3. The average Bonchev–Trinajstić information content (AvgIpc) is 2.28. The first-order chi connectivity index (χ1) is 8.02. The summed E-state index contributed by atoms with van der Waals surface area (Å²) in [6, 6.07) is 6.38. The van der Waals surface area contributed by atoms with E-state index in [1.807, 2.05) is 0 Å². The fourth-order valence-corrected chi connectivity index (χ4v) is 1.31. The number of carbonyl (C=O) groups is 2. The first kappa shape index (κ1) is 12.8. The van der Waals surface area contributed by atoms with Gasteiger partial charge < -0.3 is 10.6 Å². The van der Waals surface area contributed by atoms with Gasteiger partial charge in [0.25, 0.3) is 0 Å². The summed E-state index contributed by atoms with van der Waals surface area (Å²) < 4.78 is 0. The molecular weight excluding hydrogens is 216 g/mol. The van der Waals surface area contributed by atoms with Crippen LogP contribution in [0.25, 0.3) is 0 Å². The molecule has 0 saturated carbocycles. The van der Waals surface area contributed by atoms with Gasteiger partial charge in [-0.2, -0.15) is 0 Å². The second-order valence-electron chi connectivity index (χ2n) is 3.64. The fraction of sp³-hybridized carbons (Fsp3) is 0.231. The zero-order valence-electron chi connectivity index (χ0n) is 9.78. The van der Waals surface area contributed by atoms with Crippen LogP contribution in [0.5, 0.6) is 0 Å². The number of anilines is 1. The molecule has 0 fully saturated rings. The monoisotopic (exact) mass is 230 g/mol. The van der Waals surface area contributed by atoms with Crippen molar-refractivity contribution in [2.24, 2.45) is 0 Å². The highest BCUT2D eigenvalue weighted by molar-refractivity contribution is 5.96. The summed E-state index contributed by atoms with van der Waals surface area (Å²) in [5.41, 5.74) is 1.30. The van der Waals surface area contributed by atoms with Gasteiger partial charge >= 0.3 is 0 Å². The van der Waals surface area contributed by atoms with Crippen LogP contribution in [0.2, 0.25) is 0 Å². The molecule has 1 atom stereocenters. The van der Waals surface area contributed by atoms with Gasteiger partial charge in [0.15, 0.2) is 0 Å². The highest BCUT2D eigenvalue weighted by atomic mass is 16.2. The predicted octanol–water partition coefficient (Wildman–Crippen LogP) is 1.13. The maximum atomic E-state index is 11.7. The van der Waals surface area contributed by atoms with E-state index in [0.29, 0.717) is 11.3 Å². The molecule has 1 aromatic carbocycles. The number of carbonyl (C=O) groups excluding carboxylic acids is 2. The highest BCUT2D eigenvalue weighted by Crippen LogP contribution is 2.09. The van der Waals surface area contributed by atoms with Crippen molar-refractivity contribution in [2.45, 2.75) is 19.9 Å². The van der Waals surface area contributed by atoms with E-state index in [1.165, 1.54) is 6.92 Å². The van der Waals surface area contributed by atoms with Gasteiger partial charge in [-0.25, -0.2) is 0 Å². The lowest BCUT2D eigenvalue weighted by molar-refractivity contribution is -0.124. The van der Waals surface area contributed by atoms with E-state index in [2.05, 4.69) is 16.6 Å². The second kappa shape index (κ2) is 5.71. The third-order valence-electron chi connectivity index (χ3n) is 2.11. The quantitative estimate of drug-likeness (QED) is 0.765. The summed E-state index contributed by atoms with van der Waals surface area (Å²) in [6.07, 6.45) is 5.26. The van der Waals surface area contributed by atoms with E-state index in [0.717, 1.165) is 0 Å². The van der Waals surface area contributed by atoms with E-state index in [-0.39, 0.29) is 11.8 Å². The van der Waals surface area contributed by atoms with Crippen LogP contribution < -0.4 is 10.6 Å². The SMILES string of the molecule is C#Cc1cccc(NC(=O)C(C)NC(C)=O)c1. The molecule has 0 aliphatic heterocycles. The Balaban J connectivity index is 2.68. The number of nitrogens with one attached hydrogen (secondary N) is 2. The van der Waals surface area contributed by atoms with Crippen molar-refractivity contribution in [1.29, 1.82) is 0 Å². The summed E-state index contributed by atoms with van der Waals surface area (Å²) in [5.74, 6) is 1.95. The maximum absolute atomic E-state index is 11.7. The molecule has 0 bridgehead atoms. The first-order valence-corrected chi connectivity index (χ1v) is 5.17. The summed E-state index contributed by atoms with van der Waals surface area (Å²) in [5, 5.41) is 5.17. The molecule has 4 heteroatoms. The molecule has 0 saturated heterocycles. The third-order valence-corrected chi connectivity index (χ3v) is 2.11. The number of amides is 2. The van der Waals surface area contributed by atoms with Crippen LogP contribution >= 0.6 is 0 Å². The Kier molecular flexibility index (Phi) is 4.29. The van der Waals surface area contributed by atoms with Crippen LogP contribution in [0.4, 0.5) is 5.69 Å². The molecule has 0 aliphatic carbocycles. The van der Waals surface area contributed by atoms with Crippen LogP contribution in [-0.2, 0) is 9.59 Å². The summed E-state index contributed by atoms with van der Waals surface area (Å²) in [4.78, 5) is 22.5. The zero-order valence-corrected chi connectivity index (χ0v) is 9.78. The van der Waals surface area contributed by atoms with Crippen LogP contribution in [0.3, 0.4) is 0 Å². The maximum Gasteiger partial charge on any atom is 0.246 e. The molecule has 17 heavy (non-hydrogen) atoms. The van der Waals surface area contributed by atoms with E-state index in [1.54, 1.807) is 31.2 Å². The minimum Gasteiger partial charge on any atom is -0.345 e. The van der Waals surface area contributed by atoms with Gasteiger partial charge in [0.05, 0.1) is 0 Å². The molecule has 0 aromatic heterocycles. The van der Waals surface area contributed by atoms with E-state index in [9.17, 15) is 9.59 Å². The van der Waals surface area contributed by atoms with E-state index in [4.69, 9.17) is 6.42 Å². The Hall–Kier alpha value is -2.28. The van der Waals surface area contributed by atoms with Gasteiger partial charge in [-0.1, -0.05) is 12.0 Å². The summed E-state index contributed by atoms with van der Waals surface area (Å²) in [7, 11) is 0. The van der Waals surface area contributed by atoms with Gasteiger partial charge in [-0.3, -0.25) is 9.59 Å². The molecule has 0 spiro atoms. The molecule has 88 valence electrons. The Morgan fingerprint density at radius 3 is 2.71 bits per heavy atom. The van der Waals surface area contributed by atoms with Gasteiger partial charge in [-0.15, -0.1) is 6.42 Å². The minimum atomic E-state index is -0.581. The van der Waals surface area contributed by atoms with Crippen molar-refractivity contribution in [3.05, 3.63) is 29.8 Å². The molecular formula is C13H14N2O2. The topological polar surface area (TPSA) is 58.2 Å². The summed E-state index contributed by atoms with van der Waals surface area (Å²) in [6.45, 7) is 2.98. The van der Waals surface area contributed by atoms with E-state index < -0.39 is 6.04 Å². The van der Waals surface area contributed by atoms with E-state index >= 15 is 0 Å². The molecule has 1 aromatic rings. The molecule has 0 aliphatic rings. The van der Waals surface area contributed by atoms with Crippen molar-refractivity contribution in [3.63, 3.8) is 0 Å². The second-order valence-corrected chi connectivity index (χ2v) is 3.64. The molecule has 2 N–H and O–H groups in total. The zero-order chi connectivity index (χ0) is 12.8. The van der Waals surface area contributed by atoms with Crippen molar-refractivity contribution < 1.29 is 9.59 Å². The third kappa shape index (κ3) is 3.99. The first-order valence-electron chi connectivity index (χ1n) is 5.17. The molecule has 2 amide bonds. The molecule has 1 unspecified atom stereocenters. The van der Waals surface area contributed by atoms with Crippen molar-refractivity contribution >= 4 is 17.5 Å². The Morgan fingerprint density at radius 2 is 2.12 bits per heavy atom. The lowest BCUT2D eigenvalue weighted by Crippen LogP contribution is -2.40. The van der Waals surface area contributed by atoms with Crippen LogP contribution in [0.1, 0.15) is 19.4 Å². The Bertz CT molecular complexity index is 475. The van der Waals surface area contributed by atoms with Gasteiger partial charge in [0.1, 0.15) is 6.04 Å². The molecule has 4 nitrogen and oxygen atoms in total. The number of hydrogen-bond acceptors (Lipinski definition) is 2. The number of benzene rings is 1. The number of terminal acetylenes is 1. The summed E-state index contributed by atoms with van der Waals surface area (Å²) >= 11 is 0. The van der Waals surface area contributed by atoms with Crippen LogP contribution in [0, 0.1) is 12.3 Å². The lowest BCUT2D eigenvalue weighted by Gasteiger charge is -2.12.